The molecular weight excluding hydrogens is 699 g/mol. The molecule has 0 fully saturated rings. The van der Waals surface area contributed by atoms with E-state index in [1.165, 1.54) is 88.3 Å². The maximum atomic E-state index is 2.49. The van der Waals surface area contributed by atoms with Gasteiger partial charge in [0.2, 0.25) is 0 Å². The lowest BCUT2D eigenvalue weighted by molar-refractivity contribution is 0.794. The number of hydrogen-bond donors (Lipinski definition) is 0. The number of hydrogen-bond acceptors (Lipinski definition) is 1. The van der Waals surface area contributed by atoms with E-state index in [9.17, 15) is 0 Å². The van der Waals surface area contributed by atoms with E-state index in [4.69, 9.17) is 0 Å². The third-order valence-electron chi connectivity index (χ3n) is 12.7. The van der Waals surface area contributed by atoms with Crippen molar-refractivity contribution in [3.63, 3.8) is 0 Å². The van der Waals surface area contributed by atoms with Crippen LogP contribution in [0.3, 0.4) is 0 Å². The van der Waals surface area contributed by atoms with Gasteiger partial charge in [-0.1, -0.05) is 182 Å². The van der Waals surface area contributed by atoms with E-state index >= 15 is 0 Å². The summed E-state index contributed by atoms with van der Waals surface area (Å²) in [5.41, 5.74) is 18.3. The normalized spacial score (nSPS) is 14.6. The van der Waals surface area contributed by atoms with Crippen molar-refractivity contribution in [3.05, 3.63) is 247 Å². The molecule has 1 atom stereocenters. The third kappa shape index (κ3) is 4.77. The number of anilines is 3. The summed E-state index contributed by atoms with van der Waals surface area (Å²) < 4.78 is 0. The van der Waals surface area contributed by atoms with Gasteiger partial charge in [-0.25, -0.2) is 0 Å². The summed E-state index contributed by atoms with van der Waals surface area (Å²) in [5, 5.41) is 4.96. The van der Waals surface area contributed by atoms with Crippen molar-refractivity contribution < 1.29 is 0 Å². The Morgan fingerprint density at radius 1 is 0.259 bits per heavy atom. The summed E-state index contributed by atoms with van der Waals surface area (Å²) in [6, 6.07) is 83.2. The minimum atomic E-state index is -0.480. The van der Waals surface area contributed by atoms with Crippen molar-refractivity contribution in [2.24, 2.45) is 0 Å². The Hall–Kier alpha value is -7.48. The molecule has 2 aliphatic carbocycles. The van der Waals surface area contributed by atoms with Gasteiger partial charge in [0, 0.05) is 17.1 Å². The Kier molecular flexibility index (Phi) is 7.21. The maximum Gasteiger partial charge on any atom is 0.0726 e. The lowest BCUT2D eigenvalue weighted by Crippen LogP contribution is -2.26. The summed E-state index contributed by atoms with van der Waals surface area (Å²) in [7, 11) is 0. The molecule has 0 radical (unpaired) electrons. The Bertz CT molecular complexity index is 3210. The van der Waals surface area contributed by atoms with Crippen LogP contribution in [0.4, 0.5) is 17.1 Å². The van der Waals surface area contributed by atoms with Crippen LogP contribution in [-0.4, -0.2) is 0 Å². The van der Waals surface area contributed by atoms with E-state index in [-0.39, 0.29) is 0 Å². The topological polar surface area (TPSA) is 3.24 Å². The summed E-state index contributed by atoms with van der Waals surface area (Å²) in [5.74, 6) is 0. The second kappa shape index (κ2) is 12.8. The zero-order valence-electron chi connectivity index (χ0n) is 31.8. The quantitative estimate of drug-likeness (QED) is 0.170. The van der Waals surface area contributed by atoms with Gasteiger partial charge in [-0.3, -0.25) is 0 Å². The molecule has 2 aliphatic rings. The molecule has 58 heavy (non-hydrogen) atoms. The fourth-order valence-corrected chi connectivity index (χ4v) is 10.1. The fourth-order valence-electron chi connectivity index (χ4n) is 10.1. The predicted molar refractivity (Wildman–Crippen MR) is 243 cm³/mol. The van der Waals surface area contributed by atoms with E-state index in [2.05, 4.69) is 229 Å². The second-order valence-electron chi connectivity index (χ2n) is 15.6. The molecular formula is C57H37N. The maximum absolute atomic E-state index is 2.49. The first-order valence-electron chi connectivity index (χ1n) is 20.2. The molecule has 0 saturated carbocycles. The highest BCUT2D eigenvalue weighted by atomic mass is 15.1. The number of fused-ring (bicyclic) bond motifs is 12. The van der Waals surface area contributed by atoms with Crippen LogP contribution in [0.25, 0.3) is 66.1 Å². The monoisotopic (exact) mass is 735 g/mol. The van der Waals surface area contributed by atoms with E-state index < -0.39 is 5.41 Å². The highest BCUT2D eigenvalue weighted by Gasteiger charge is 2.52. The Morgan fingerprint density at radius 2 is 0.776 bits per heavy atom. The molecule has 1 unspecified atom stereocenters. The van der Waals surface area contributed by atoms with Gasteiger partial charge in [0.25, 0.3) is 0 Å². The van der Waals surface area contributed by atoms with Gasteiger partial charge in [0.05, 0.1) is 5.41 Å². The van der Waals surface area contributed by atoms with Crippen molar-refractivity contribution in [1.29, 1.82) is 0 Å². The van der Waals surface area contributed by atoms with Crippen LogP contribution in [0, 0.1) is 0 Å². The molecule has 1 nitrogen and oxygen atoms in total. The second-order valence-corrected chi connectivity index (χ2v) is 15.6. The van der Waals surface area contributed by atoms with Gasteiger partial charge in [-0.2, -0.15) is 0 Å². The molecule has 10 aromatic carbocycles. The van der Waals surface area contributed by atoms with Crippen molar-refractivity contribution in [2.45, 2.75) is 5.41 Å². The van der Waals surface area contributed by atoms with Gasteiger partial charge in [-0.15, -0.1) is 0 Å². The Morgan fingerprint density at radius 3 is 1.55 bits per heavy atom. The van der Waals surface area contributed by atoms with Crippen molar-refractivity contribution in [1.82, 2.24) is 0 Å². The Balaban J connectivity index is 1.09. The molecule has 0 heterocycles. The van der Waals surface area contributed by atoms with Crippen molar-refractivity contribution >= 4 is 38.6 Å². The largest absolute Gasteiger partial charge is 0.310 e. The molecule has 1 spiro atoms. The predicted octanol–water partition coefficient (Wildman–Crippen LogP) is 15.1. The number of nitrogens with zero attached hydrogens (tertiary/aromatic N) is 1. The first kappa shape index (κ1) is 32.7. The van der Waals surface area contributed by atoms with Gasteiger partial charge in [0.1, 0.15) is 0 Å². The smallest absolute Gasteiger partial charge is 0.0726 e. The lowest BCUT2D eigenvalue weighted by atomic mass is 9.70. The van der Waals surface area contributed by atoms with Crippen LogP contribution in [0.1, 0.15) is 22.3 Å². The molecule has 0 aromatic heterocycles. The zero-order chi connectivity index (χ0) is 38.2. The van der Waals surface area contributed by atoms with Gasteiger partial charge in [-0.05, 0) is 131 Å². The van der Waals surface area contributed by atoms with Crippen LogP contribution in [0.15, 0.2) is 224 Å². The summed E-state index contributed by atoms with van der Waals surface area (Å²) in [6.45, 7) is 0. The molecule has 10 aromatic rings. The lowest BCUT2D eigenvalue weighted by Gasteiger charge is -2.32. The van der Waals surface area contributed by atoms with E-state index in [0.29, 0.717) is 0 Å². The highest BCUT2D eigenvalue weighted by molar-refractivity contribution is 5.99. The van der Waals surface area contributed by atoms with Crippen LogP contribution in [0.2, 0.25) is 0 Å². The van der Waals surface area contributed by atoms with Gasteiger partial charge < -0.3 is 4.90 Å². The number of rotatable bonds is 5. The van der Waals surface area contributed by atoms with Crippen molar-refractivity contribution in [2.75, 3.05) is 4.90 Å². The van der Waals surface area contributed by atoms with Crippen molar-refractivity contribution in [3.8, 4) is 44.5 Å². The Labute approximate surface area is 338 Å². The standard InChI is InChI=1S/C57H37N/c1-2-13-38(14-3-1)43-28-33-51-49-20-8-10-23-53(49)57(55(51)36-43)54-24-11-9-21-50(54)52-34-32-46(37-56(52)57)58(45-31-25-39-15-4-5-17-42(39)35-45)44-29-26-41(27-30-44)48-22-12-18-40-16-6-7-19-47(40)48/h1-37H. The first-order valence-corrected chi connectivity index (χ1v) is 20.2. The summed E-state index contributed by atoms with van der Waals surface area (Å²) in [4.78, 5) is 2.44. The zero-order valence-corrected chi connectivity index (χ0v) is 31.8. The van der Waals surface area contributed by atoms with E-state index in [1.807, 2.05) is 0 Å². The molecule has 270 valence electrons. The molecule has 0 N–H and O–H groups in total. The fraction of sp³-hybridized carbons (Fsp3) is 0.0175. The van der Waals surface area contributed by atoms with Crippen LogP contribution in [-0.2, 0) is 5.41 Å². The minimum absolute atomic E-state index is 0.480. The molecule has 1 heteroatoms. The average molecular weight is 736 g/mol. The van der Waals surface area contributed by atoms with Crippen LogP contribution in [0.5, 0.6) is 0 Å². The SMILES string of the molecule is c1ccc(-c2ccc3c(c2)C2(c4ccccc4-3)c3ccccc3-c3ccc(N(c4ccc(-c5cccc6ccccc56)cc4)c4ccc5ccccc5c4)cc32)cc1. The molecule has 0 aliphatic heterocycles. The highest BCUT2D eigenvalue weighted by Crippen LogP contribution is 2.63. The molecule has 0 bridgehead atoms. The summed E-state index contributed by atoms with van der Waals surface area (Å²) in [6.07, 6.45) is 0. The minimum Gasteiger partial charge on any atom is -0.310 e. The first-order chi connectivity index (χ1) is 28.8. The van der Waals surface area contributed by atoms with Gasteiger partial charge in [0.15, 0.2) is 0 Å². The summed E-state index contributed by atoms with van der Waals surface area (Å²) >= 11 is 0. The van der Waals surface area contributed by atoms with Crippen LogP contribution >= 0.6 is 0 Å². The molecule has 0 saturated heterocycles. The average Bonchev–Trinajstić information content (AvgIpc) is 3.76. The van der Waals surface area contributed by atoms with E-state index in [1.54, 1.807) is 0 Å². The number of benzene rings is 10. The van der Waals surface area contributed by atoms with Gasteiger partial charge >= 0.3 is 0 Å². The van der Waals surface area contributed by atoms with Crippen LogP contribution < -0.4 is 4.90 Å². The molecule has 0 amide bonds. The van der Waals surface area contributed by atoms with E-state index in [0.717, 1.165) is 17.1 Å². The molecule has 12 rings (SSSR count). The third-order valence-corrected chi connectivity index (χ3v) is 12.7.